The van der Waals surface area contributed by atoms with E-state index < -0.39 is 21.0 Å². The number of amides is 1. The van der Waals surface area contributed by atoms with E-state index in [1.807, 2.05) is 0 Å². The van der Waals surface area contributed by atoms with Crippen LogP contribution in [0.4, 0.5) is 5.13 Å². The molecule has 8 heteroatoms. The van der Waals surface area contributed by atoms with Crippen molar-refractivity contribution in [1.29, 1.82) is 0 Å². The first-order valence-corrected chi connectivity index (χ1v) is 8.34. The SMILES string of the molecule is CC(C(=O)Nc1nc2c(s1)CNCC2)S(C)(=O)=O. The molecule has 2 heterocycles. The molecule has 18 heavy (non-hydrogen) atoms. The van der Waals surface area contributed by atoms with Gasteiger partial charge in [0.1, 0.15) is 5.25 Å². The lowest BCUT2D eigenvalue weighted by Crippen LogP contribution is -2.31. The zero-order valence-corrected chi connectivity index (χ0v) is 11.8. The van der Waals surface area contributed by atoms with Crippen molar-refractivity contribution in [2.24, 2.45) is 0 Å². The highest BCUT2D eigenvalue weighted by Gasteiger charge is 2.25. The fourth-order valence-corrected chi connectivity index (χ4v) is 3.01. The number of nitrogens with zero attached hydrogens (tertiary/aromatic N) is 1. The van der Waals surface area contributed by atoms with Crippen LogP contribution in [0, 0.1) is 0 Å². The van der Waals surface area contributed by atoms with Crippen molar-refractivity contribution < 1.29 is 13.2 Å². The van der Waals surface area contributed by atoms with Gasteiger partial charge in [-0.3, -0.25) is 4.79 Å². The second-order valence-corrected chi connectivity index (χ2v) is 7.73. The van der Waals surface area contributed by atoms with Crippen LogP contribution in [-0.2, 0) is 27.6 Å². The summed E-state index contributed by atoms with van der Waals surface area (Å²) < 4.78 is 22.5. The smallest absolute Gasteiger partial charge is 0.244 e. The fourth-order valence-electron chi connectivity index (χ4n) is 1.58. The van der Waals surface area contributed by atoms with Gasteiger partial charge >= 0.3 is 0 Å². The molecule has 0 bridgehead atoms. The van der Waals surface area contributed by atoms with Crippen molar-refractivity contribution in [2.45, 2.75) is 25.1 Å². The van der Waals surface area contributed by atoms with Crippen LogP contribution in [-0.4, -0.2) is 37.4 Å². The maximum Gasteiger partial charge on any atom is 0.244 e. The van der Waals surface area contributed by atoms with E-state index in [1.54, 1.807) is 0 Å². The van der Waals surface area contributed by atoms with Crippen LogP contribution < -0.4 is 10.6 Å². The number of fused-ring (bicyclic) bond motifs is 1. The standard InChI is InChI=1S/C10H15N3O3S2/c1-6(18(2,15)16)9(14)13-10-12-7-3-4-11-5-8(7)17-10/h6,11H,3-5H2,1-2H3,(H,12,13,14). The maximum atomic E-state index is 11.7. The van der Waals surface area contributed by atoms with Gasteiger partial charge in [0, 0.05) is 30.6 Å². The lowest BCUT2D eigenvalue weighted by Gasteiger charge is -2.09. The monoisotopic (exact) mass is 289 g/mol. The van der Waals surface area contributed by atoms with Crippen molar-refractivity contribution in [3.63, 3.8) is 0 Å². The number of hydrogen-bond acceptors (Lipinski definition) is 6. The van der Waals surface area contributed by atoms with E-state index in [0.29, 0.717) is 5.13 Å². The topological polar surface area (TPSA) is 88.2 Å². The first-order valence-electron chi connectivity index (χ1n) is 5.57. The van der Waals surface area contributed by atoms with Crippen LogP contribution >= 0.6 is 11.3 Å². The van der Waals surface area contributed by atoms with Crippen LogP contribution in [0.15, 0.2) is 0 Å². The first kappa shape index (κ1) is 13.4. The van der Waals surface area contributed by atoms with Gasteiger partial charge in [0.15, 0.2) is 15.0 Å². The van der Waals surface area contributed by atoms with Gasteiger partial charge in [0.25, 0.3) is 0 Å². The first-order chi connectivity index (χ1) is 8.38. The van der Waals surface area contributed by atoms with E-state index in [-0.39, 0.29) is 0 Å². The number of nitrogens with one attached hydrogen (secondary N) is 2. The third-order valence-electron chi connectivity index (χ3n) is 2.84. The van der Waals surface area contributed by atoms with E-state index >= 15 is 0 Å². The number of rotatable bonds is 3. The lowest BCUT2D eigenvalue weighted by atomic mass is 10.2. The lowest BCUT2D eigenvalue weighted by molar-refractivity contribution is -0.115. The normalized spacial score (nSPS) is 17.0. The predicted octanol–water partition coefficient (Wildman–Crippen LogP) is 0.160. The average molecular weight is 289 g/mol. The van der Waals surface area contributed by atoms with E-state index in [0.717, 1.165) is 36.3 Å². The highest BCUT2D eigenvalue weighted by atomic mass is 32.2. The molecule has 6 nitrogen and oxygen atoms in total. The third-order valence-corrected chi connectivity index (χ3v) is 5.36. The zero-order chi connectivity index (χ0) is 13.3. The molecule has 1 unspecified atom stereocenters. The molecular weight excluding hydrogens is 274 g/mol. The minimum absolute atomic E-state index is 0.476. The molecule has 0 spiro atoms. The van der Waals surface area contributed by atoms with Gasteiger partial charge in [-0.25, -0.2) is 13.4 Å². The van der Waals surface area contributed by atoms with Crippen molar-refractivity contribution in [3.8, 4) is 0 Å². The van der Waals surface area contributed by atoms with Crippen molar-refractivity contribution in [2.75, 3.05) is 18.1 Å². The van der Waals surface area contributed by atoms with E-state index in [4.69, 9.17) is 0 Å². The third kappa shape index (κ3) is 2.88. The molecule has 1 aromatic heterocycles. The number of anilines is 1. The van der Waals surface area contributed by atoms with Crippen LogP contribution in [0.25, 0.3) is 0 Å². The molecule has 100 valence electrons. The fraction of sp³-hybridized carbons (Fsp3) is 0.600. The molecule has 2 N–H and O–H groups in total. The molecule has 0 aliphatic carbocycles. The molecule has 0 radical (unpaired) electrons. The Bertz CT molecular complexity index is 541. The number of carbonyl (C=O) groups excluding carboxylic acids is 1. The van der Waals surface area contributed by atoms with Gasteiger partial charge in [0.2, 0.25) is 5.91 Å². The van der Waals surface area contributed by atoms with Gasteiger partial charge in [0.05, 0.1) is 5.69 Å². The largest absolute Gasteiger partial charge is 0.311 e. The Morgan fingerprint density at radius 2 is 2.28 bits per heavy atom. The van der Waals surface area contributed by atoms with E-state index in [1.165, 1.54) is 18.3 Å². The van der Waals surface area contributed by atoms with Crippen molar-refractivity contribution in [3.05, 3.63) is 10.6 Å². The molecule has 1 amide bonds. The van der Waals surface area contributed by atoms with Gasteiger partial charge in [-0.05, 0) is 6.92 Å². The highest BCUT2D eigenvalue weighted by Crippen LogP contribution is 2.25. The maximum absolute atomic E-state index is 11.7. The summed E-state index contributed by atoms with van der Waals surface area (Å²) in [5.41, 5.74) is 0.987. The summed E-state index contributed by atoms with van der Waals surface area (Å²) in [7, 11) is -3.37. The Balaban J connectivity index is 2.10. The second-order valence-electron chi connectivity index (χ2n) is 4.28. The van der Waals surface area contributed by atoms with Crippen LogP contribution in [0.5, 0.6) is 0 Å². The number of hydrogen-bond donors (Lipinski definition) is 2. The van der Waals surface area contributed by atoms with Gasteiger partial charge in [-0.1, -0.05) is 0 Å². The summed E-state index contributed by atoms with van der Waals surface area (Å²) in [5, 5.41) is 5.20. The zero-order valence-electron chi connectivity index (χ0n) is 10.2. The molecule has 1 aliphatic rings. The minimum Gasteiger partial charge on any atom is -0.311 e. The second kappa shape index (κ2) is 4.94. The van der Waals surface area contributed by atoms with Crippen LogP contribution in [0.2, 0.25) is 0 Å². The summed E-state index contributed by atoms with van der Waals surface area (Å²) in [5.74, 6) is -0.531. The highest BCUT2D eigenvalue weighted by molar-refractivity contribution is 7.92. The molecule has 1 atom stereocenters. The van der Waals surface area contributed by atoms with Gasteiger partial charge in [-0.15, -0.1) is 11.3 Å². The Kier molecular flexibility index (Phi) is 3.69. The molecule has 0 fully saturated rings. The summed E-state index contributed by atoms with van der Waals surface area (Å²) in [6.45, 7) is 3.01. The average Bonchev–Trinajstić information content (AvgIpc) is 2.68. The Hall–Kier alpha value is -0.990. The Morgan fingerprint density at radius 3 is 2.89 bits per heavy atom. The van der Waals surface area contributed by atoms with Crippen LogP contribution in [0.1, 0.15) is 17.5 Å². The quantitative estimate of drug-likeness (QED) is 0.827. The van der Waals surface area contributed by atoms with Gasteiger partial charge < -0.3 is 10.6 Å². The van der Waals surface area contributed by atoms with Crippen molar-refractivity contribution >= 4 is 32.2 Å². The van der Waals surface area contributed by atoms with E-state index in [2.05, 4.69) is 15.6 Å². The molecule has 0 saturated heterocycles. The number of thiazole rings is 1. The summed E-state index contributed by atoms with van der Waals surface area (Å²) in [6, 6.07) is 0. The van der Waals surface area contributed by atoms with E-state index in [9.17, 15) is 13.2 Å². The molecule has 1 aromatic rings. The summed E-state index contributed by atoms with van der Waals surface area (Å²) >= 11 is 1.39. The van der Waals surface area contributed by atoms with Crippen LogP contribution in [0.3, 0.4) is 0 Å². The predicted molar refractivity (Wildman–Crippen MR) is 70.5 cm³/mol. The Labute approximate surface area is 110 Å². The number of aromatic nitrogens is 1. The molecule has 0 aromatic carbocycles. The molecule has 1 aliphatic heterocycles. The Morgan fingerprint density at radius 1 is 1.56 bits per heavy atom. The number of carbonyl (C=O) groups is 1. The molecule has 2 rings (SSSR count). The minimum atomic E-state index is -3.37. The molecular formula is C10H15N3O3S2. The van der Waals surface area contributed by atoms with Crippen molar-refractivity contribution in [1.82, 2.24) is 10.3 Å². The molecule has 0 saturated carbocycles. The summed E-state index contributed by atoms with van der Waals surface area (Å²) in [6.07, 6.45) is 1.89. The summed E-state index contributed by atoms with van der Waals surface area (Å²) in [4.78, 5) is 17.1. The van der Waals surface area contributed by atoms with Gasteiger partial charge in [-0.2, -0.15) is 0 Å². The number of sulfone groups is 1.